The van der Waals surface area contributed by atoms with Crippen LogP contribution in [0.1, 0.15) is 5.56 Å². The second-order valence-electron chi connectivity index (χ2n) is 5.16. The van der Waals surface area contributed by atoms with Crippen molar-refractivity contribution in [2.45, 2.75) is 11.8 Å². The summed E-state index contributed by atoms with van der Waals surface area (Å²) in [5.74, 6) is 0.411. The first-order chi connectivity index (χ1) is 10.6. The Labute approximate surface area is 127 Å². The molecular formula is C15H12N4O2S. The molecule has 0 fully saturated rings. The van der Waals surface area contributed by atoms with Gasteiger partial charge in [-0.15, -0.1) is 0 Å². The molecule has 7 heteroatoms. The molecular weight excluding hydrogens is 300 g/mol. The van der Waals surface area contributed by atoms with E-state index in [1.165, 1.54) is 10.6 Å². The van der Waals surface area contributed by atoms with Gasteiger partial charge in [-0.25, -0.2) is 27.7 Å². The molecule has 0 spiro atoms. The van der Waals surface area contributed by atoms with Gasteiger partial charge in [-0.1, -0.05) is 23.8 Å². The summed E-state index contributed by atoms with van der Waals surface area (Å²) in [6, 6.07) is 6.80. The third kappa shape index (κ3) is 1.79. The summed E-state index contributed by atoms with van der Waals surface area (Å²) >= 11 is 0. The monoisotopic (exact) mass is 312 g/mol. The lowest BCUT2D eigenvalue weighted by Gasteiger charge is -2.18. The van der Waals surface area contributed by atoms with Gasteiger partial charge in [0.25, 0.3) is 10.0 Å². The third-order valence-electron chi connectivity index (χ3n) is 3.74. The van der Waals surface area contributed by atoms with E-state index in [1.54, 1.807) is 30.5 Å². The van der Waals surface area contributed by atoms with Crippen LogP contribution in [-0.2, 0) is 10.0 Å². The number of anilines is 1. The molecule has 1 aromatic heterocycles. The smallest absolute Gasteiger partial charge is 0.245 e. The summed E-state index contributed by atoms with van der Waals surface area (Å²) in [4.78, 5) is 12.8. The van der Waals surface area contributed by atoms with Gasteiger partial charge in [0.2, 0.25) is 0 Å². The zero-order chi connectivity index (χ0) is 15.3. The molecule has 0 radical (unpaired) electrons. The zero-order valence-electron chi connectivity index (χ0n) is 11.8. The van der Waals surface area contributed by atoms with E-state index in [0.29, 0.717) is 16.9 Å². The maximum absolute atomic E-state index is 12.8. The average Bonchev–Trinajstić information content (AvgIpc) is 3.13. The van der Waals surface area contributed by atoms with Crippen LogP contribution in [0.5, 0.6) is 0 Å². The predicted molar refractivity (Wildman–Crippen MR) is 83.3 cm³/mol. The van der Waals surface area contributed by atoms with Crippen molar-refractivity contribution in [1.82, 2.24) is 4.98 Å². The number of aliphatic imine (C=N–C) groups is 1. The van der Waals surface area contributed by atoms with E-state index in [1.807, 2.05) is 13.0 Å². The summed E-state index contributed by atoms with van der Waals surface area (Å²) in [5.41, 5.74) is 1.68. The minimum absolute atomic E-state index is 0.254. The Morgan fingerprint density at radius 1 is 1.18 bits per heavy atom. The van der Waals surface area contributed by atoms with E-state index in [2.05, 4.69) is 15.0 Å². The Kier molecular flexibility index (Phi) is 2.67. The number of nitrogens with zero attached hydrogens (tertiary/aromatic N) is 4. The Morgan fingerprint density at radius 2 is 1.95 bits per heavy atom. The Hall–Kier alpha value is -2.54. The lowest BCUT2D eigenvalue weighted by Crippen LogP contribution is -2.33. The number of hydrogen-bond acceptors (Lipinski definition) is 5. The first-order valence-corrected chi connectivity index (χ1v) is 8.20. The molecule has 0 unspecified atom stereocenters. The van der Waals surface area contributed by atoms with Crippen LogP contribution in [0.25, 0.3) is 6.08 Å². The third-order valence-corrected chi connectivity index (χ3v) is 5.51. The van der Waals surface area contributed by atoms with Crippen molar-refractivity contribution >= 4 is 33.9 Å². The van der Waals surface area contributed by atoms with Gasteiger partial charge in [0.1, 0.15) is 17.4 Å². The summed E-state index contributed by atoms with van der Waals surface area (Å²) in [5, 5.41) is 1.41. The van der Waals surface area contributed by atoms with Crippen molar-refractivity contribution in [1.29, 1.82) is 0 Å². The number of sulfonamides is 1. The Balaban J connectivity index is 1.85. The number of aromatic nitrogens is 1. The summed E-state index contributed by atoms with van der Waals surface area (Å²) in [6.07, 6.45) is 4.83. The van der Waals surface area contributed by atoms with Crippen LogP contribution < -0.4 is 14.9 Å². The highest BCUT2D eigenvalue weighted by Crippen LogP contribution is 2.22. The molecule has 0 N–H and O–H groups in total. The van der Waals surface area contributed by atoms with Gasteiger partial charge in [-0.2, -0.15) is 0 Å². The lowest BCUT2D eigenvalue weighted by molar-refractivity contribution is 0.593. The van der Waals surface area contributed by atoms with Crippen LogP contribution >= 0.6 is 0 Å². The molecule has 1 aromatic carbocycles. The van der Waals surface area contributed by atoms with Crippen LogP contribution in [0, 0.1) is 6.92 Å². The van der Waals surface area contributed by atoms with E-state index >= 15 is 0 Å². The van der Waals surface area contributed by atoms with Gasteiger partial charge >= 0.3 is 0 Å². The Bertz CT molecular complexity index is 1020. The number of hydrogen-bond donors (Lipinski definition) is 0. The second kappa shape index (κ2) is 4.48. The number of rotatable bonds is 2. The van der Waals surface area contributed by atoms with Crippen molar-refractivity contribution in [3.8, 4) is 0 Å². The SMILES string of the molecule is Cc1ccc(S(=O)(=O)N2CC=c3c2ncc2c3=NC=N2)cc1. The highest BCUT2D eigenvalue weighted by atomic mass is 32.2. The molecule has 2 aliphatic heterocycles. The summed E-state index contributed by atoms with van der Waals surface area (Å²) < 4.78 is 26.9. The van der Waals surface area contributed by atoms with Gasteiger partial charge < -0.3 is 0 Å². The van der Waals surface area contributed by atoms with Gasteiger partial charge in [0, 0.05) is 5.22 Å². The molecule has 0 atom stereocenters. The van der Waals surface area contributed by atoms with Crippen LogP contribution in [0.4, 0.5) is 11.5 Å². The van der Waals surface area contributed by atoms with E-state index in [-0.39, 0.29) is 11.4 Å². The van der Waals surface area contributed by atoms with Crippen LogP contribution in [0.2, 0.25) is 0 Å². The van der Waals surface area contributed by atoms with Gasteiger partial charge in [0.05, 0.1) is 17.6 Å². The summed E-state index contributed by atoms with van der Waals surface area (Å²) in [7, 11) is -3.63. The van der Waals surface area contributed by atoms with Gasteiger partial charge in [-0.05, 0) is 19.1 Å². The molecule has 3 heterocycles. The Morgan fingerprint density at radius 3 is 2.73 bits per heavy atom. The minimum atomic E-state index is -3.63. The number of fused-ring (bicyclic) bond motifs is 3. The second-order valence-corrected chi connectivity index (χ2v) is 7.02. The molecule has 0 saturated carbocycles. The van der Waals surface area contributed by atoms with Crippen LogP contribution in [0.15, 0.2) is 45.3 Å². The van der Waals surface area contributed by atoms with E-state index < -0.39 is 10.0 Å². The van der Waals surface area contributed by atoms with Crippen molar-refractivity contribution in [3.63, 3.8) is 0 Å². The number of aryl methyl sites for hydroxylation is 1. The molecule has 0 bridgehead atoms. The lowest BCUT2D eigenvalue weighted by atomic mass is 10.2. The van der Waals surface area contributed by atoms with Crippen molar-refractivity contribution < 1.29 is 8.42 Å². The molecule has 2 aromatic rings. The van der Waals surface area contributed by atoms with Crippen LogP contribution in [-0.4, -0.2) is 26.3 Å². The van der Waals surface area contributed by atoms with Crippen molar-refractivity contribution in [3.05, 3.63) is 46.6 Å². The molecule has 0 aliphatic carbocycles. The molecule has 0 amide bonds. The molecule has 6 nitrogen and oxygen atoms in total. The highest BCUT2D eigenvalue weighted by Gasteiger charge is 2.30. The topological polar surface area (TPSA) is 75.0 Å². The molecule has 4 rings (SSSR count). The quantitative estimate of drug-likeness (QED) is 0.818. The standard InChI is InChI=1S/C15H12N4O2S/c1-10-2-4-11(5-3-10)22(20,21)19-7-6-12-14-13(17-9-18-14)8-16-15(12)19/h2-6,8-9H,7H2,1H3. The first-order valence-electron chi connectivity index (χ1n) is 6.76. The largest absolute Gasteiger partial charge is 0.265 e. The first kappa shape index (κ1) is 13.1. The molecule has 2 aliphatic rings. The average molecular weight is 312 g/mol. The fourth-order valence-corrected chi connectivity index (χ4v) is 3.95. The molecule has 110 valence electrons. The number of benzene rings is 1. The van der Waals surface area contributed by atoms with Crippen LogP contribution in [0.3, 0.4) is 0 Å². The van der Waals surface area contributed by atoms with Crippen molar-refractivity contribution in [2.24, 2.45) is 9.98 Å². The minimum Gasteiger partial charge on any atom is -0.245 e. The normalized spacial score (nSPS) is 15.2. The van der Waals surface area contributed by atoms with Crippen molar-refractivity contribution in [2.75, 3.05) is 10.8 Å². The number of pyridine rings is 1. The van der Waals surface area contributed by atoms with Gasteiger partial charge in [0.15, 0.2) is 5.82 Å². The molecule has 0 saturated heterocycles. The van der Waals surface area contributed by atoms with E-state index in [0.717, 1.165) is 10.8 Å². The zero-order valence-corrected chi connectivity index (χ0v) is 12.6. The fraction of sp³-hybridized carbons (Fsp3) is 0.133. The molecule has 22 heavy (non-hydrogen) atoms. The maximum atomic E-state index is 12.8. The summed E-state index contributed by atoms with van der Waals surface area (Å²) in [6.45, 7) is 2.17. The maximum Gasteiger partial charge on any atom is 0.265 e. The predicted octanol–water partition coefficient (Wildman–Crippen LogP) is 0.672. The highest BCUT2D eigenvalue weighted by molar-refractivity contribution is 7.92. The van der Waals surface area contributed by atoms with E-state index in [9.17, 15) is 8.42 Å². The van der Waals surface area contributed by atoms with Gasteiger partial charge in [-0.3, -0.25) is 0 Å². The van der Waals surface area contributed by atoms with E-state index in [4.69, 9.17) is 0 Å². The fourth-order valence-electron chi connectivity index (χ4n) is 2.57.